The van der Waals surface area contributed by atoms with Crippen LogP contribution in [0, 0.1) is 11.3 Å². The molecule has 9 nitrogen and oxygen atoms in total. The number of nitriles is 1. The third kappa shape index (κ3) is 8.24. The molecule has 2 aromatic heterocycles. The molecule has 1 aliphatic heterocycles. The second kappa shape index (κ2) is 12.7. The number of aliphatic carboxylic acids is 1. The molecule has 0 saturated heterocycles. The van der Waals surface area contributed by atoms with E-state index in [1.54, 1.807) is 9.80 Å². The minimum absolute atomic E-state index is 0.0659. The summed E-state index contributed by atoms with van der Waals surface area (Å²) in [5, 5.41) is 19.9. The predicted octanol–water partition coefficient (Wildman–Crippen LogP) is 5.74. The number of anilines is 4. The number of carbonyl (C=O) groups is 1. The highest BCUT2D eigenvalue weighted by molar-refractivity contribution is 5.73. The van der Waals surface area contributed by atoms with Crippen LogP contribution in [-0.4, -0.2) is 59.4 Å². The fourth-order valence-corrected chi connectivity index (χ4v) is 4.14. The first-order valence-corrected chi connectivity index (χ1v) is 12.9. The SMILES string of the molecule is CN(C)c1nc2c(c(Nc3ccc(C(C)(C)C#N)cc3)n1)CCN(c1ncccc1C(F)(F)F)CC2.O=C(O)C(F)(F)F. The molecule has 0 aliphatic carbocycles. The summed E-state index contributed by atoms with van der Waals surface area (Å²) in [5.41, 5.74) is 2.02. The van der Waals surface area contributed by atoms with Gasteiger partial charge in [0.25, 0.3) is 0 Å². The van der Waals surface area contributed by atoms with Gasteiger partial charge in [0, 0.05) is 51.1 Å². The van der Waals surface area contributed by atoms with Gasteiger partial charge >= 0.3 is 18.3 Å². The Hall–Kier alpha value is -4.61. The molecule has 0 spiro atoms. The molecule has 1 aliphatic rings. The molecular formula is C28H29F6N7O2. The van der Waals surface area contributed by atoms with Crippen LogP contribution >= 0.6 is 0 Å². The van der Waals surface area contributed by atoms with E-state index in [0.717, 1.165) is 28.6 Å². The van der Waals surface area contributed by atoms with Crippen LogP contribution in [0.2, 0.25) is 0 Å². The van der Waals surface area contributed by atoms with Gasteiger partial charge < -0.3 is 20.2 Å². The van der Waals surface area contributed by atoms with E-state index in [1.807, 2.05) is 52.2 Å². The average Bonchev–Trinajstić information content (AvgIpc) is 3.15. The summed E-state index contributed by atoms with van der Waals surface area (Å²) < 4.78 is 72.6. The standard InChI is InChI=1S/C26H28F3N7.C2HF3O2/c1-25(2,16-30)17-7-9-18(10-8-17)32-22-19-11-14-36(15-12-21(19)33-24(34-22)35(3)4)23-20(26(27,28)29)6-5-13-31-23;3-2(4,5)1(6)7/h5-10,13H,11-12,14-15H2,1-4H3,(H,32,33,34);(H,6,7). The Morgan fingerprint density at radius 1 is 1.02 bits per heavy atom. The normalized spacial score (nSPS) is 13.6. The van der Waals surface area contributed by atoms with Crippen molar-refractivity contribution in [2.45, 2.75) is 44.5 Å². The number of carboxylic acid groups (broad SMARTS) is 1. The maximum Gasteiger partial charge on any atom is 0.490 e. The van der Waals surface area contributed by atoms with Gasteiger partial charge in [-0.25, -0.2) is 14.8 Å². The van der Waals surface area contributed by atoms with E-state index in [4.69, 9.17) is 19.9 Å². The van der Waals surface area contributed by atoms with Gasteiger partial charge in [0.1, 0.15) is 11.6 Å². The number of hydrogen-bond donors (Lipinski definition) is 2. The van der Waals surface area contributed by atoms with Crippen molar-refractivity contribution in [1.29, 1.82) is 5.26 Å². The van der Waals surface area contributed by atoms with Crippen molar-refractivity contribution in [1.82, 2.24) is 15.0 Å². The van der Waals surface area contributed by atoms with E-state index in [9.17, 15) is 31.6 Å². The number of aromatic nitrogens is 3. The summed E-state index contributed by atoms with van der Waals surface area (Å²) in [5.74, 6) is -1.69. The van der Waals surface area contributed by atoms with Crippen molar-refractivity contribution in [2.75, 3.05) is 42.3 Å². The lowest BCUT2D eigenvalue weighted by molar-refractivity contribution is -0.192. The van der Waals surface area contributed by atoms with Crippen molar-refractivity contribution < 1.29 is 36.2 Å². The Kier molecular flexibility index (Phi) is 9.73. The average molecular weight is 610 g/mol. The number of benzene rings is 1. The highest BCUT2D eigenvalue weighted by atomic mass is 19.4. The Bertz CT molecular complexity index is 1480. The van der Waals surface area contributed by atoms with Crippen LogP contribution in [-0.2, 0) is 29.2 Å². The topological polar surface area (TPSA) is 118 Å². The van der Waals surface area contributed by atoms with Gasteiger partial charge in [0.05, 0.1) is 22.7 Å². The second-order valence-corrected chi connectivity index (χ2v) is 10.3. The van der Waals surface area contributed by atoms with E-state index < -0.39 is 29.3 Å². The Morgan fingerprint density at radius 2 is 1.63 bits per heavy atom. The van der Waals surface area contributed by atoms with E-state index >= 15 is 0 Å². The van der Waals surface area contributed by atoms with Gasteiger partial charge in [-0.05, 0) is 50.1 Å². The van der Waals surface area contributed by atoms with Gasteiger partial charge in [-0.1, -0.05) is 12.1 Å². The fourth-order valence-electron chi connectivity index (χ4n) is 4.14. The molecule has 0 atom stereocenters. The molecule has 0 unspecified atom stereocenters. The van der Waals surface area contributed by atoms with Crippen molar-refractivity contribution in [2.24, 2.45) is 0 Å². The van der Waals surface area contributed by atoms with Gasteiger partial charge in [0.15, 0.2) is 0 Å². The Labute approximate surface area is 243 Å². The summed E-state index contributed by atoms with van der Waals surface area (Å²) in [6, 6.07) is 12.3. The number of halogens is 6. The number of pyridine rings is 1. The third-order valence-corrected chi connectivity index (χ3v) is 6.51. The first kappa shape index (κ1) is 32.9. The predicted molar refractivity (Wildman–Crippen MR) is 147 cm³/mol. The number of nitrogens with zero attached hydrogens (tertiary/aromatic N) is 6. The van der Waals surface area contributed by atoms with Gasteiger partial charge in [0.2, 0.25) is 5.95 Å². The number of nitrogens with one attached hydrogen (secondary N) is 1. The van der Waals surface area contributed by atoms with Crippen LogP contribution in [0.15, 0.2) is 42.6 Å². The Morgan fingerprint density at radius 3 is 2.16 bits per heavy atom. The largest absolute Gasteiger partial charge is 0.490 e. The smallest absolute Gasteiger partial charge is 0.475 e. The minimum atomic E-state index is -5.08. The highest BCUT2D eigenvalue weighted by Gasteiger charge is 2.38. The number of hydrogen-bond acceptors (Lipinski definition) is 8. The molecule has 0 fully saturated rings. The fraction of sp³-hybridized carbons (Fsp3) is 0.393. The van der Waals surface area contributed by atoms with E-state index in [1.165, 1.54) is 12.3 Å². The quantitative estimate of drug-likeness (QED) is 0.349. The number of fused-ring (bicyclic) bond motifs is 1. The lowest BCUT2D eigenvalue weighted by Gasteiger charge is -2.24. The summed E-state index contributed by atoms with van der Waals surface area (Å²) in [7, 11) is 3.69. The maximum atomic E-state index is 13.6. The summed E-state index contributed by atoms with van der Waals surface area (Å²) >= 11 is 0. The number of carboxylic acids is 1. The van der Waals surface area contributed by atoms with E-state index in [-0.39, 0.29) is 5.82 Å². The van der Waals surface area contributed by atoms with E-state index in [2.05, 4.69) is 16.4 Å². The lowest BCUT2D eigenvalue weighted by atomic mass is 9.86. The van der Waals surface area contributed by atoms with E-state index in [0.29, 0.717) is 37.7 Å². The molecule has 43 heavy (non-hydrogen) atoms. The molecule has 3 aromatic rings. The summed E-state index contributed by atoms with van der Waals surface area (Å²) in [6.07, 6.45) is -7.27. The maximum absolute atomic E-state index is 13.6. The highest BCUT2D eigenvalue weighted by Crippen LogP contribution is 2.36. The van der Waals surface area contributed by atoms with Crippen molar-refractivity contribution in [3.63, 3.8) is 0 Å². The third-order valence-electron chi connectivity index (χ3n) is 6.51. The molecule has 4 rings (SSSR count). The Balaban J connectivity index is 0.000000646. The first-order chi connectivity index (χ1) is 19.9. The molecule has 3 heterocycles. The van der Waals surface area contributed by atoms with Crippen LogP contribution in [0.25, 0.3) is 0 Å². The molecule has 2 N–H and O–H groups in total. The molecule has 0 amide bonds. The van der Waals surface area contributed by atoms with Gasteiger partial charge in [-0.15, -0.1) is 0 Å². The van der Waals surface area contributed by atoms with Crippen molar-refractivity contribution >= 4 is 29.2 Å². The summed E-state index contributed by atoms with van der Waals surface area (Å²) in [6.45, 7) is 4.43. The molecule has 230 valence electrons. The van der Waals surface area contributed by atoms with Crippen LogP contribution in [0.4, 0.5) is 49.6 Å². The zero-order valence-electron chi connectivity index (χ0n) is 23.7. The van der Waals surface area contributed by atoms with Crippen LogP contribution in [0.1, 0.15) is 36.2 Å². The van der Waals surface area contributed by atoms with Crippen LogP contribution in [0.5, 0.6) is 0 Å². The number of rotatable bonds is 5. The van der Waals surface area contributed by atoms with Crippen molar-refractivity contribution in [3.8, 4) is 6.07 Å². The minimum Gasteiger partial charge on any atom is -0.475 e. The zero-order valence-corrected chi connectivity index (χ0v) is 23.7. The van der Waals surface area contributed by atoms with Gasteiger partial charge in [-0.2, -0.15) is 36.6 Å². The van der Waals surface area contributed by atoms with Crippen molar-refractivity contribution in [3.05, 3.63) is 65.0 Å². The van der Waals surface area contributed by atoms with Crippen LogP contribution < -0.4 is 15.1 Å². The molecular weight excluding hydrogens is 580 g/mol. The molecule has 0 radical (unpaired) electrons. The molecule has 15 heteroatoms. The number of alkyl halides is 6. The van der Waals surface area contributed by atoms with Gasteiger partial charge in [-0.3, -0.25) is 0 Å². The summed E-state index contributed by atoms with van der Waals surface area (Å²) in [4.78, 5) is 25.8. The molecule has 1 aromatic carbocycles. The zero-order chi connectivity index (χ0) is 32.2. The first-order valence-electron chi connectivity index (χ1n) is 12.9. The second-order valence-electron chi connectivity index (χ2n) is 10.3. The molecule has 0 saturated carbocycles. The molecule has 0 bridgehead atoms. The van der Waals surface area contributed by atoms with Crippen LogP contribution in [0.3, 0.4) is 0 Å². The monoisotopic (exact) mass is 609 g/mol. The lowest BCUT2D eigenvalue weighted by Crippen LogP contribution is -2.29.